The second-order valence-electron chi connectivity index (χ2n) is 7.83. The Kier molecular flexibility index (Phi) is 5.66. The van der Waals surface area contributed by atoms with Crippen LogP contribution >= 0.6 is 11.3 Å². The highest BCUT2D eigenvalue weighted by molar-refractivity contribution is 7.89. The van der Waals surface area contributed by atoms with E-state index in [0.29, 0.717) is 25.9 Å². The van der Waals surface area contributed by atoms with Gasteiger partial charge in [-0.25, -0.2) is 23.4 Å². The Morgan fingerprint density at radius 1 is 1.22 bits per heavy atom. The molecule has 8 nitrogen and oxygen atoms in total. The molecule has 4 heterocycles. The van der Waals surface area contributed by atoms with E-state index in [9.17, 15) is 8.42 Å². The minimum absolute atomic E-state index is 0.219. The van der Waals surface area contributed by atoms with Gasteiger partial charge in [0.15, 0.2) is 0 Å². The number of nitrogens with one attached hydrogen (secondary N) is 2. The van der Waals surface area contributed by atoms with Crippen molar-refractivity contribution in [3.8, 4) is 0 Å². The Hall–Kier alpha value is -2.82. The minimum Gasteiger partial charge on any atom is -0.340 e. The Bertz CT molecular complexity index is 1410. The van der Waals surface area contributed by atoms with Crippen molar-refractivity contribution in [2.24, 2.45) is 0 Å². The summed E-state index contributed by atoms with van der Waals surface area (Å²) in [5, 5.41) is 4.29. The normalized spacial score (nSPS) is 15.3. The fraction of sp³-hybridized carbons (Fsp3) is 0.318. The van der Waals surface area contributed by atoms with Crippen molar-refractivity contribution < 1.29 is 8.42 Å². The first-order valence-corrected chi connectivity index (χ1v) is 13.1. The topological polar surface area (TPSA) is 104 Å². The molecule has 0 spiro atoms. The number of unbranched alkanes of at least 4 members (excludes halogenated alkanes) is 1. The molecular formula is C22H24N6O2S2. The Morgan fingerprint density at radius 2 is 2.12 bits per heavy atom. The average Bonchev–Trinajstić information content (AvgIpc) is 3.45. The molecule has 5 rings (SSSR count). The fourth-order valence-corrected chi connectivity index (χ4v) is 6.18. The van der Waals surface area contributed by atoms with Crippen molar-refractivity contribution in [1.29, 1.82) is 0 Å². The number of aromatic nitrogens is 4. The Balaban J connectivity index is 1.38. The maximum Gasteiger partial charge on any atom is 0.214 e. The third-order valence-corrected chi connectivity index (χ3v) is 8.40. The summed E-state index contributed by atoms with van der Waals surface area (Å²) in [6.45, 7) is 2.91. The van der Waals surface area contributed by atoms with Gasteiger partial charge in [0, 0.05) is 24.5 Å². The zero-order valence-electron chi connectivity index (χ0n) is 17.7. The summed E-state index contributed by atoms with van der Waals surface area (Å²) in [5.74, 6) is 0.943. The summed E-state index contributed by atoms with van der Waals surface area (Å²) in [7, 11) is -3.19. The molecule has 1 aromatic carbocycles. The molecule has 1 aliphatic rings. The predicted octanol–water partition coefficient (Wildman–Crippen LogP) is 4.53. The molecule has 0 atom stereocenters. The van der Waals surface area contributed by atoms with E-state index in [1.807, 2.05) is 36.7 Å². The molecule has 166 valence electrons. The molecule has 2 N–H and O–H groups in total. The van der Waals surface area contributed by atoms with Gasteiger partial charge in [0.25, 0.3) is 0 Å². The van der Waals surface area contributed by atoms with E-state index < -0.39 is 10.0 Å². The van der Waals surface area contributed by atoms with Crippen LogP contribution in [0.5, 0.6) is 0 Å². The van der Waals surface area contributed by atoms with Crippen LogP contribution in [0.3, 0.4) is 0 Å². The van der Waals surface area contributed by atoms with Gasteiger partial charge in [-0.15, -0.1) is 11.3 Å². The molecule has 0 amide bonds. The monoisotopic (exact) mass is 468 g/mol. The van der Waals surface area contributed by atoms with Crippen molar-refractivity contribution in [2.45, 2.75) is 26.2 Å². The zero-order valence-corrected chi connectivity index (χ0v) is 19.3. The maximum absolute atomic E-state index is 12.5. The highest BCUT2D eigenvalue weighted by Gasteiger charge is 2.24. The number of benzene rings is 1. The lowest BCUT2D eigenvalue weighted by Gasteiger charge is -2.25. The highest BCUT2D eigenvalue weighted by Crippen LogP contribution is 2.30. The molecule has 0 saturated carbocycles. The van der Waals surface area contributed by atoms with Crippen molar-refractivity contribution in [3.05, 3.63) is 47.9 Å². The van der Waals surface area contributed by atoms with Crippen LogP contribution in [0.1, 0.15) is 31.9 Å². The Morgan fingerprint density at radius 3 is 2.94 bits per heavy atom. The van der Waals surface area contributed by atoms with Gasteiger partial charge < -0.3 is 10.3 Å². The molecule has 0 fully saturated rings. The lowest BCUT2D eigenvalue weighted by Crippen LogP contribution is -2.36. The van der Waals surface area contributed by atoms with Crippen LogP contribution in [0.25, 0.3) is 26.8 Å². The molecule has 4 aromatic rings. The number of thiazole rings is 1. The summed E-state index contributed by atoms with van der Waals surface area (Å²) >= 11 is 1.60. The minimum atomic E-state index is -3.19. The first kappa shape index (κ1) is 21.0. The van der Waals surface area contributed by atoms with Crippen molar-refractivity contribution >= 4 is 59.7 Å². The van der Waals surface area contributed by atoms with Gasteiger partial charge in [0.2, 0.25) is 10.0 Å². The number of aromatic amines is 1. The van der Waals surface area contributed by atoms with Crippen LogP contribution in [-0.2, 0) is 10.0 Å². The highest BCUT2D eigenvalue weighted by atomic mass is 32.2. The molecule has 0 aliphatic carbocycles. The van der Waals surface area contributed by atoms with Gasteiger partial charge in [0.05, 0.1) is 26.9 Å². The van der Waals surface area contributed by atoms with E-state index in [0.717, 1.165) is 50.4 Å². The smallest absolute Gasteiger partial charge is 0.214 e. The predicted molar refractivity (Wildman–Crippen MR) is 130 cm³/mol. The van der Waals surface area contributed by atoms with E-state index in [2.05, 4.69) is 31.3 Å². The molecule has 0 bridgehead atoms. The van der Waals surface area contributed by atoms with E-state index in [4.69, 9.17) is 0 Å². The van der Waals surface area contributed by atoms with Gasteiger partial charge in [-0.2, -0.15) is 4.31 Å². The summed E-state index contributed by atoms with van der Waals surface area (Å²) in [4.78, 5) is 16.5. The van der Waals surface area contributed by atoms with Gasteiger partial charge in [0.1, 0.15) is 17.8 Å². The first-order valence-electron chi connectivity index (χ1n) is 10.6. The number of rotatable bonds is 7. The molecular weight excluding hydrogens is 444 g/mol. The molecule has 0 unspecified atom stereocenters. The number of sulfonamides is 1. The number of hydrogen-bond acceptors (Lipinski definition) is 7. The van der Waals surface area contributed by atoms with Crippen molar-refractivity contribution in [2.75, 3.05) is 24.2 Å². The molecule has 3 aromatic heterocycles. The quantitative estimate of drug-likeness (QED) is 0.413. The van der Waals surface area contributed by atoms with Crippen LogP contribution in [0, 0.1) is 0 Å². The average molecular weight is 469 g/mol. The van der Waals surface area contributed by atoms with Gasteiger partial charge in [-0.3, -0.25) is 0 Å². The molecule has 0 radical (unpaired) electrons. The summed E-state index contributed by atoms with van der Waals surface area (Å²) in [5.41, 5.74) is 6.55. The van der Waals surface area contributed by atoms with Crippen LogP contribution in [0.2, 0.25) is 0 Å². The molecule has 32 heavy (non-hydrogen) atoms. The summed E-state index contributed by atoms with van der Waals surface area (Å²) in [6, 6.07) is 8.07. The fourth-order valence-electron chi connectivity index (χ4n) is 3.89. The maximum atomic E-state index is 12.5. The Labute approximate surface area is 190 Å². The lowest BCUT2D eigenvalue weighted by atomic mass is 10.1. The van der Waals surface area contributed by atoms with Crippen molar-refractivity contribution in [3.63, 3.8) is 0 Å². The van der Waals surface area contributed by atoms with E-state index >= 15 is 0 Å². The van der Waals surface area contributed by atoms with Gasteiger partial charge in [-0.1, -0.05) is 19.4 Å². The largest absolute Gasteiger partial charge is 0.340 e. The third-order valence-electron chi connectivity index (χ3n) is 5.69. The van der Waals surface area contributed by atoms with Gasteiger partial charge >= 0.3 is 0 Å². The molecule has 0 saturated heterocycles. The number of anilines is 2. The lowest BCUT2D eigenvalue weighted by molar-refractivity contribution is 0.439. The van der Waals surface area contributed by atoms with E-state index in [1.54, 1.807) is 15.6 Å². The van der Waals surface area contributed by atoms with Gasteiger partial charge in [-0.05, 0) is 42.7 Å². The standard InChI is InChI=1S/C22H24N6O2S2/c1-2-3-10-32(29,30)28-8-6-15(7-9-28)19-12-17-21(23-13-24-22(17)27-19)26-16-4-5-18-20(11-16)31-14-25-18/h4-6,11-14H,2-3,7-10H2,1H3,(H2,23,24,26,27). The SMILES string of the molecule is CCCCS(=O)(=O)N1CC=C(c2cc3c(Nc4ccc5ncsc5c4)ncnc3[nH]2)CC1. The molecule has 10 heteroatoms. The zero-order chi connectivity index (χ0) is 22.1. The van der Waals surface area contributed by atoms with Crippen molar-refractivity contribution in [1.82, 2.24) is 24.2 Å². The second-order valence-corrected chi connectivity index (χ2v) is 10.8. The van der Waals surface area contributed by atoms with E-state index in [-0.39, 0.29) is 5.75 Å². The summed E-state index contributed by atoms with van der Waals surface area (Å²) in [6.07, 6.45) is 5.76. The van der Waals surface area contributed by atoms with Crippen LogP contribution in [-0.4, -0.2) is 51.5 Å². The van der Waals surface area contributed by atoms with Crippen LogP contribution in [0.4, 0.5) is 11.5 Å². The summed E-state index contributed by atoms with van der Waals surface area (Å²) < 4.78 is 27.6. The number of fused-ring (bicyclic) bond motifs is 2. The second kappa shape index (κ2) is 8.61. The van der Waals surface area contributed by atoms with E-state index in [1.165, 1.54) is 6.33 Å². The number of H-pyrrole nitrogens is 1. The third kappa shape index (κ3) is 4.13. The molecule has 1 aliphatic heterocycles. The first-order chi connectivity index (χ1) is 15.5. The number of nitrogens with zero attached hydrogens (tertiary/aromatic N) is 4. The number of hydrogen-bond donors (Lipinski definition) is 2. The van der Waals surface area contributed by atoms with Crippen LogP contribution < -0.4 is 5.32 Å². The van der Waals surface area contributed by atoms with Crippen LogP contribution in [0.15, 0.2) is 42.2 Å².